The molecule has 1 aliphatic rings. The van der Waals surface area contributed by atoms with Gasteiger partial charge in [0, 0.05) is 18.3 Å². The van der Waals surface area contributed by atoms with Gasteiger partial charge in [-0.05, 0) is 26.8 Å². The van der Waals surface area contributed by atoms with Crippen LogP contribution in [0.15, 0.2) is 12.4 Å². The maximum atomic E-state index is 12.2. The maximum absolute atomic E-state index is 12.2. The molecule has 0 radical (unpaired) electrons. The minimum atomic E-state index is -2.98. The Kier molecular flexibility index (Phi) is 4.07. The molecule has 2 heterocycles. The molecule has 0 saturated carbocycles. The molecule has 6 heteroatoms. The average molecular weight is 271 g/mol. The van der Waals surface area contributed by atoms with Crippen molar-refractivity contribution >= 4 is 9.84 Å². The van der Waals surface area contributed by atoms with Crippen LogP contribution in [-0.4, -0.2) is 36.2 Å². The fourth-order valence-corrected chi connectivity index (χ4v) is 4.78. The summed E-state index contributed by atoms with van der Waals surface area (Å²) in [4.78, 5) is 0. The largest absolute Gasteiger partial charge is 0.312 e. The molecule has 102 valence electrons. The summed E-state index contributed by atoms with van der Waals surface area (Å²) in [5.74, 6) is 0.317. The van der Waals surface area contributed by atoms with Crippen LogP contribution in [0.4, 0.5) is 0 Å². The molecule has 1 aromatic heterocycles. The number of sulfone groups is 1. The first kappa shape index (κ1) is 13.5. The van der Waals surface area contributed by atoms with Crippen molar-refractivity contribution in [2.75, 3.05) is 12.8 Å². The lowest BCUT2D eigenvalue weighted by Gasteiger charge is -2.29. The molecule has 0 amide bonds. The highest BCUT2D eigenvalue weighted by Gasteiger charge is 2.36. The molecular formula is C12H21N3O2S. The fourth-order valence-electron chi connectivity index (χ4n) is 2.63. The quantitative estimate of drug-likeness (QED) is 0.891. The second-order valence-corrected chi connectivity index (χ2v) is 7.14. The summed E-state index contributed by atoms with van der Waals surface area (Å²) in [7, 11) is -1.16. The number of rotatable bonds is 4. The van der Waals surface area contributed by atoms with Crippen LogP contribution >= 0.6 is 0 Å². The summed E-state index contributed by atoms with van der Waals surface area (Å²) >= 11 is 0. The van der Waals surface area contributed by atoms with E-state index in [1.165, 1.54) is 0 Å². The Balaban J connectivity index is 2.27. The summed E-state index contributed by atoms with van der Waals surface area (Å²) in [6, 6.07) is -0.143. The number of hydrogen-bond donors (Lipinski definition) is 1. The Morgan fingerprint density at radius 2 is 2.33 bits per heavy atom. The molecule has 1 N–H and O–H groups in total. The van der Waals surface area contributed by atoms with E-state index in [1.54, 1.807) is 6.20 Å². The molecule has 0 aliphatic carbocycles. The van der Waals surface area contributed by atoms with Crippen LogP contribution in [0, 0.1) is 0 Å². The minimum Gasteiger partial charge on any atom is -0.312 e. The van der Waals surface area contributed by atoms with Crippen molar-refractivity contribution in [2.45, 2.75) is 44.0 Å². The lowest BCUT2D eigenvalue weighted by Crippen LogP contribution is -2.39. The number of nitrogens with zero attached hydrogens (tertiary/aromatic N) is 2. The highest BCUT2D eigenvalue weighted by molar-refractivity contribution is 7.92. The predicted octanol–water partition coefficient (Wildman–Crippen LogP) is 1.13. The van der Waals surface area contributed by atoms with Gasteiger partial charge in [0.1, 0.15) is 0 Å². The van der Waals surface area contributed by atoms with Gasteiger partial charge in [-0.1, -0.05) is 6.42 Å². The van der Waals surface area contributed by atoms with Crippen molar-refractivity contribution in [1.29, 1.82) is 0 Å². The SMILES string of the molecule is CCn1cc(C(NC)C2CCCCS2(=O)=O)cn1. The standard InChI is InChI=1S/C12H21N3O2S/c1-3-15-9-10(8-14-15)12(13-2)11-6-4-5-7-18(11,16)17/h8-9,11-13H,3-7H2,1-2H3. The number of aromatic nitrogens is 2. The van der Waals surface area contributed by atoms with Gasteiger partial charge in [-0.25, -0.2) is 8.42 Å². The maximum Gasteiger partial charge on any atom is 0.155 e. The Bertz CT molecular complexity index is 495. The van der Waals surface area contributed by atoms with Crippen molar-refractivity contribution < 1.29 is 8.42 Å². The minimum absolute atomic E-state index is 0.143. The van der Waals surface area contributed by atoms with Gasteiger partial charge in [0.05, 0.1) is 23.2 Å². The second kappa shape index (κ2) is 5.40. The Labute approximate surface area is 108 Å². The predicted molar refractivity (Wildman–Crippen MR) is 71.1 cm³/mol. The van der Waals surface area contributed by atoms with Crippen LogP contribution < -0.4 is 5.32 Å². The van der Waals surface area contributed by atoms with E-state index in [2.05, 4.69) is 10.4 Å². The van der Waals surface area contributed by atoms with Crippen LogP contribution in [0.3, 0.4) is 0 Å². The van der Waals surface area contributed by atoms with E-state index in [0.29, 0.717) is 5.75 Å². The smallest absolute Gasteiger partial charge is 0.155 e. The average Bonchev–Trinajstić information content (AvgIpc) is 2.80. The molecule has 2 rings (SSSR count). The molecular weight excluding hydrogens is 250 g/mol. The third kappa shape index (κ3) is 2.59. The van der Waals surface area contributed by atoms with E-state index in [0.717, 1.165) is 31.4 Å². The number of aryl methyl sites for hydroxylation is 1. The van der Waals surface area contributed by atoms with E-state index in [4.69, 9.17) is 0 Å². The molecule has 18 heavy (non-hydrogen) atoms. The summed E-state index contributed by atoms with van der Waals surface area (Å²) in [5.41, 5.74) is 0.967. The van der Waals surface area contributed by atoms with Gasteiger partial charge in [-0.3, -0.25) is 4.68 Å². The first-order valence-corrected chi connectivity index (χ1v) is 8.21. The highest BCUT2D eigenvalue weighted by atomic mass is 32.2. The summed E-state index contributed by atoms with van der Waals surface area (Å²) in [6.45, 7) is 2.82. The van der Waals surface area contributed by atoms with Crippen LogP contribution in [0.25, 0.3) is 0 Å². The molecule has 1 aromatic rings. The molecule has 0 bridgehead atoms. The van der Waals surface area contributed by atoms with Crippen molar-refractivity contribution in [3.05, 3.63) is 18.0 Å². The van der Waals surface area contributed by atoms with Crippen LogP contribution in [-0.2, 0) is 16.4 Å². The highest BCUT2D eigenvalue weighted by Crippen LogP contribution is 2.30. The van der Waals surface area contributed by atoms with Gasteiger partial charge in [0.15, 0.2) is 9.84 Å². The van der Waals surface area contributed by atoms with E-state index < -0.39 is 9.84 Å². The van der Waals surface area contributed by atoms with Crippen molar-refractivity contribution in [1.82, 2.24) is 15.1 Å². The normalized spacial score (nSPS) is 24.9. The lowest BCUT2D eigenvalue weighted by molar-refractivity contribution is 0.469. The van der Waals surface area contributed by atoms with E-state index in [9.17, 15) is 8.42 Å². The fraction of sp³-hybridized carbons (Fsp3) is 0.750. The monoisotopic (exact) mass is 271 g/mol. The second-order valence-electron chi connectivity index (χ2n) is 4.80. The van der Waals surface area contributed by atoms with Gasteiger partial charge in [-0.15, -0.1) is 0 Å². The van der Waals surface area contributed by atoms with Crippen LogP contribution in [0.2, 0.25) is 0 Å². The van der Waals surface area contributed by atoms with E-state index >= 15 is 0 Å². The molecule has 2 unspecified atom stereocenters. The lowest BCUT2D eigenvalue weighted by atomic mass is 10.0. The van der Waals surface area contributed by atoms with Gasteiger partial charge >= 0.3 is 0 Å². The van der Waals surface area contributed by atoms with Crippen molar-refractivity contribution in [2.24, 2.45) is 0 Å². The number of hydrogen-bond acceptors (Lipinski definition) is 4. The first-order chi connectivity index (χ1) is 8.58. The molecule has 5 nitrogen and oxygen atoms in total. The zero-order valence-corrected chi connectivity index (χ0v) is 11.8. The van der Waals surface area contributed by atoms with E-state index in [-0.39, 0.29) is 11.3 Å². The first-order valence-electron chi connectivity index (χ1n) is 6.49. The molecule has 1 fully saturated rings. The molecule has 1 aliphatic heterocycles. The third-order valence-electron chi connectivity index (χ3n) is 3.65. The summed E-state index contributed by atoms with van der Waals surface area (Å²) in [5, 5.41) is 7.06. The van der Waals surface area contributed by atoms with Crippen molar-refractivity contribution in [3.8, 4) is 0 Å². The Morgan fingerprint density at radius 1 is 1.56 bits per heavy atom. The summed E-state index contributed by atoms with van der Waals surface area (Å²) < 4.78 is 26.2. The van der Waals surface area contributed by atoms with Crippen molar-refractivity contribution in [3.63, 3.8) is 0 Å². The number of nitrogens with one attached hydrogen (secondary N) is 1. The molecule has 0 spiro atoms. The van der Waals surface area contributed by atoms with Gasteiger partial charge < -0.3 is 5.32 Å². The molecule has 1 saturated heterocycles. The zero-order valence-electron chi connectivity index (χ0n) is 11.0. The van der Waals surface area contributed by atoms with Crippen LogP contribution in [0.1, 0.15) is 37.8 Å². The topological polar surface area (TPSA) is 64.0 Å². The van der Waals surface area contributed by atoms with Gasteiger partial charge in [0.2, 0.25) is 0 Å². The van der Waals surface area contributed by atoms with Crippen LogP contribution in [0.5, 0.6) is 0 Å². The van der Waals surface area contributed by atoms with Gasteiger partial charge in [-0.2, -0.15) is 5.10 Å². The zero-order chi connectivity index (χ0) is 13.2. The molecule has 2 atom stereocenters. The third-order valence-corrected chi connectivity index (χ3v) is 5.94. The van der Waals surface area contributed by atoms with Gasteiger partial charge in [0.25, 0.3) is 0 Å². The molecule has 0 aromatic carbocycles. The summed E-state index contributed by atoms with van der Waals surface area (Å²) in [6.07, 6.45) is 6.23. The Morgan fingerprint density at radius 3 is 2.89 bits per heavy atom. The Hall–Kier alpha value is -0.880. The van der Waals surface area contributed by atoms with E-state index in [1.807, 2.05) is 24.9 Å².